The van der Waals surface area contributed by atoms with E-state index < -0.39 is 0 Å². The van der Waals surface area contributed by atoms with Crippen molar-refractivity contribution >= 4 is 33.1 Å². The molecule has 0 heterocycles. The van der Waals surface area contributed by atoms with Gasteiger partial charge in [-0.1, -0.05) is 109 Å². The van der Waals surface area contributed by atoms with Gasteiger partial charge in [0.25, 0.3) is 0 Å². The van der Waals surface area contributed by atoms with E-state index >= 15 is 0 Å². The maximum atomic E-state index is 6.31. The third-order valence-electron chi connectivity index (χ3n) is 6.30. The first-order chi connectivity index (χ1) is 16.3. The second-order valence-electron chi connectivity index (χ2n) is 8.36. The zero-order valence-corrected chi connectivity index (χ0v) is 18.8. The molecule has 0 radical (unpaired) electrons. The molecule has 0 bridgehead atoms. The zero-order valence-electron chi connectivity index (χ0n) is 18.0. The fourth-order valence-electron chi connectivity index (χ4n) is 4.69. The van der Waals surface area contributed by atoms with Crippen LogP contribution < -0.4 is 0 Å². The van der Waals surface area contributed by atoms with Gasteiger partial charge in [-0.15, -0.1) is 0 Å². The van der Waals surface area contributed by atoms with E-state index in [0.717, 1.165) is 10.6 Å². The van der Waals surface area contributed by atoms with E-state index in [1.54, 1.807) is 0 Å². The van der Waals surface area contributed by atoms with Gasteiger partial charge in [0.2, 0.25) is 0 Å². The normalized spacial score (nSPS) is 11.2. The molecule has 1 heteroatoms. The molecule has 33 heavy (non-hydrogen) atoms. The monoisotopic (exact) mass is 440 g/mol. The summed E-state index contributed by atoms with van der Waals surface area (Å²) in [6.07, 6.45) is 0. The second-order valence-corrected chi connectivity index (χ2v) is 8.80. The fraction of sp³-hybridized carbons (Fsp3) is 0. The summed E-state index contributed by atoms with van der Waals surface area (Å²) in [7, 11) is 0. The van der Waals surface area contributed by atoms with E-state index in [-0.39, 0.29) is 0 Å². The maximum Gasteiger partial charge on any atom is 0.0412 e. The van der Waals surface area contributed by atoms with Gasteiger partial charge in [-0.3, -0.25) is 0 Å². The molecule has 0 amide bonds. The molecule has 0 N–H and O–H groups in total. The van der Waals surface area contributed by atoms with Crippen LogP contribution in [0, 0.1) is 0 Å². The molecule has 0 saturated carbocycles. The topological polar surface area (TPSA) is 0 Å². The lowest BCUT2D eigenvalue weighted by Gasteiger charge is -2.14. The van der Waals surface area contributed by atoms with Crippen molar-refractivity contribution in [1.82, 2.24) is 0 Å². The summed E-state index contributed by atoms with van der Waals surface area (Å²) in [6, 6.07) is 45.2. The molecule has 0 aliphatic heterocycles. The highest BCUT2D eigenvalue weighted by Crippen LogP contribution is 2.38. The van der Waals surface area contributed by atoms with Crippen LogP contribution in [0.4, 0.5) is 0 Å². The van der Waals surface area contributed by atoms with Crippen molar-refractivity contribution in [2.24, 2.45) is 0 Å². The molecule has 0 aliphatic rings. The average Bonchev–Trinajstić information content (AvgIpc) is 2.88. The molecule has 156 valence electrons. The molecule has 0 saturated heterocycles. The van der Waals surface area contributed by atoms with Gasteiger partial charge in [-0.05, 0) is 85.3 Å². The number of halogens is 1. The number of fused-ring (bicyclic) bond motifs is 2. The number of hydrogen-bond acceptors (Lipinski definition) is 0. The Hall–Kier alpha value is -3.87. The third kappa shape index (κ3) is 3.69. The summed E-state index contributed by atoms with van der Waals surface area (Å²) in [5.74, 6) is 0. The molecule has 0 aromatic heterocycles. The highest BCUT2D eigenvalue weighted by molar-refractivity contribution is 6.30. The minimum atomic E-state index is 0.750. The van der Waals surface area contributed by atoms with Crippen LogP contribution in [0.5, 0.6) is 0 Å². The molecule has 0 spiro atoms. The quantitative estimate of drug-likeness (QED) is 0.257. The van der Waals surface area contributed by atoms with Crippen molar-refractivity contribution in [3.8, 4) is 33.4 Å². The first-order valence-electron chi connectivity index (χ1n) is 11.1. The first kappa shape index (κ1) is 19.8. The predicted molar refractivity (Wildman–Crippen MR) is 143 cm³/mol. The summed E-state index contributed by atoms with van der Waals surface area (Å²) in [5.41, 5.74) is 7.22. The first-order valence-corrected chi connectivity index (χ1v) is 11.5. The number of benzene rings is 6. The van der Waals surface area contributed by atoms with Gasteiger partial charge < -0.3 is 0 Å². The standard InChI is InChI=1S/C32H21Cl/c33-28-13-6-12-24(19-28)27-18-25-16-17-26(30-15-7-11-22-10-4-5-14-29(22)30)20-32(25)31(21-27)23-8-2-1-3-9-23/h1-21H. The highest BCUT2D eigenvalue weighted by Gasteiger charge is 2.11. The van der Waals surface area contributed by atoms with Crippen LogP contribution in [0.15, 0.2) is 127 Å². The number of rotatable bonds is 3. The molecule has 6 aromatic carbocycles. The Balaban J connectivity index is 1.62. The average molecular weight is 441 g/mol. The summed E-state index contributed by atoms with van der Waals surface area (Å²) in [5, 5.41) is 5.75. The molecule has 0 atom stereocenters. The molecule has 6 rings (SSSR count). The van der Waals surface area contributed by atoms with Crippen molar-refractivity contribution in [3.05, 3.63) is 132 Å². The van der Waals surface area contributed by atoms with Crippen LogP contribution >= 0.6 is 11.6 Å². The smallest absolute Gasteiger partial charge is 0.0412 e. The summed E-state index contributed by atoms with van der Waals surface area (Å²) >= 11 is 6.31. The predicted octanol–water partition coefficient (Wildman–Crippen LogP) is 9.65. The molecular formula is C32H21Cl. The molecule has 0 unspecified atom stereocenters. The highest BCUT2D eigenvalue weighted by atomic mass is 35.5. The van der Waals surface area contributed by atoms with Gasteiger partial charge in [0.1, 0.15) is 0 Å². The van der Waals surface area contributed by atoms with E-state index in [1.165, 1.54) is 49.4 Å². The molecule has 0 nitrogen and oxygen atoms in total. The number of hydrogen-bond donors (Lipinski definition) is 0. The minimum absolute atomic E-state index is 0.750. The Morgan fingerprint density at radius 2 is 1.12 bits per heavy atom. The van der Waals surface area contributed by atoms with Crippen molar-refractivity contribution in [2.75, 3.05) is 0 Å². The van der Waals surface area contributed by atoms with Crippen molar-refractivity contribution in [2.45, 2.75) is 0 Å². The largest absolute Gasteiger partial charge is 0.0843 e. The van der Waals surface area contributed by atoms with E-state index in [4.69, 9.17) is 11.6 Å². The third-order valence-corrected chi connectivity index (χ3v) is 6.53. The second kappa shape index (κ2) is 8.24. The summed E-state index contributed by atoms with van der Waals surface area (Å²) in [6.45, 7) is 0. The maximum absolute atomic E-state index is 6.31. The van der Waals surface area contributed by atoms with Gasteiger partial charge >= 0.3 is 0 Å². The van der Waals surface area contributed by atoms with Crippen LogP contribution in [0.1, 0.15) is 0 Å². The van der Waals surface area contributed by atoms with Gasteiger partial charge in [0, 0.05) is 5.02 Å². The zero-order chi connectivity index (χ0) is 22.2. The van der Waals surface area contributed by atoms with E-state index in [0.29, 0.717) is 0 Å². The molecule has 6 aromatic rings. The minimum Gasteiger partial charge on any atom is -0.0843 e. The summed E-state index contributed by atoms with van der Waals surface area (Å²) in [4.78, 5) is 0. The lowest BCUT2D eigenvalue weighted by molar-refractivity contribution is 1.61. The van der Waals surface area contributed by atoms with Crippen LogP contribution in [-0.2, 0) is 0 Å². The van der Waals surface area contributed by atoms with E-state index in [1.807, 2.05) is 18.2 Å². The summed E-state index contributed by atoms with van der Waals surface area (Å²) < 4.78 is 0. The van der Waals surface area contributed by atoms with Gasteiger partial charge in [0.05, 0.1) is 0 Å². The van der Waals surface area contributed by atoms with Crippen molar-refractivity contribution in [3.63, 3.8) is 0 Å². The Morgan fingerprint density at radius 1 is 0.364 bits per heavy atom. The lowest BCUT2D eigenvalue weighted by Crippen LogP contribution is -1.88. The van der Waals surface area contributed by atoms with E-state index in [9.17, 15) is 0 Å². The van der Waals surface area contributed by atoms with Gasteiger partial charge in [-0.2, -0.15) is 0 Å². The Bertz CT molecular complexity index is 1610. The van der Waals surface area contributed by atoms with Gasteiger partial charge in [-0.25, -0.2) is 0 Å². The Kier molecular flexibility index (Phi) is 4.94. The lowest BCUT2D eigenvalue weighted by atomic mass is 9.90. The van der Waals surface area contributed by atoms with Gasteiger partial charge in [0.15, 0.2) is 0 Å². The van der Waals surface area contributed by atoms with Crippen LogP contribution in [0.25, 0.3) is 54.9 Å². The Morgan fingerprint density at radius 3 is 2.00 bits per heavy atom. The molecule has 0 fully saturated rings. The molecular weight excluding hydrogens is 420 g/mol. The van der Waals surface area contributed by atoms with Crippen LogP contribution in [-0.4, -0.2) is 0 Å². The SMILES string of the molecule is Clc1cccc(-c2cc(-c3ccccc3)c3cc(-c4cccc5ccccc45)ccc3c2)c1. The van der Waals surface area contributed by atoms with Crippen molar-refractivity contribution in [1.29, 1.82) is 0 Å². The molecule has 0 aliphatic carbocycles. The van der Waals surface area contributed by atoms with Crippen LogP contribution in [0.2, 0.25) is 5.02 Å². The van der Waals surface area contributed by atoms with Crippen molar-refractivity contribution < 1.29 is 0 Å². The van der Waals surface area contributed by atoms with Crippen LogP contribution in [0.3, 0.4) is 0 Å². The van der Waals surface area contributed by atoms with E-state index in [2.05, 4.69) is 109 Å². The Labute approximate surface area is 198 Å². The fourth-order valence-corrected chi connectivity index (χ4v) is 4.88.